The Morgan fingerprint density at radius 2 is 1.80 bits per heavy atom. The average molecular weight is 623 g/mol. The van der Waals surface area contributed by atoms with E-state index < -0.39 is 60.4 Å². The SMILES string of the molecule is C.N#Cc1cc(F)cc(N(C(=O)[C@@H]2CCC(=O)N2c2cc(C#N)ccn2)[C@H](C(=O)NC2CC(F)(F)C2)c2ccccc2Cl)c1. The lowest BCUT2D eigenvalue weighted by Crippen LogP contribution is -2.56. The van der Waals surface area contributed by atoms with Crippen LogP contribution in [0.25, 0.3) is 0 Å². The molecule has 5 rings (SSSR count). The van der Waals surface area contributed by atoms with Crippen molar-refractivity contribution in [1.29, 1.82) is 10.5 Å². The van der Waals surface area contributed by atoms with Gasteiger partial charge in [0.2, 0.25) is 11.8 Å². The van der Waals surface area contributed by atoms with E-state index in [2.05, 4.69) is 10.3 Å². The predicted molar refractivity (Wildman–Crippen MR) is 155 cm³/mol. The maximum absolute atomic E-state index is 14.8. The number of alkyl halides is 2. The first-order valence-electron chi connectivity index (χ1n) is 13.2. The highest BCUT2D eigenvalue weighted by Gasteiger charge is 2.48. The highest BCUT2D eigenvalue weighted by Crippen LogP contribution is 2.40. The first-order valence-corrected chi connectivity index (χ1v) is 13.5. The summed E-state index contributed by atoms with van der Waals surface area (Å²) in [6, 6.07) is 11.9. The maximum Gasteiger partial charge on any atom is 0.252 e. The lowest BCUT2D eigenvalue weighted by atomic mass is 9.87. The fourth-order valence-corrected chi connectivity index (χ4v) is 5.54. The highest BCUT2D eigenvalue weighted by atomic mass is 35.5. The molecule has 2 heterocycles. The van der Waals surface area contributed by atoms with E-state index in [1.807, 2.05) is 12.1 Å². The van der Waals surface area contributed by atoms with E-state index in [1.54, 1.807) is 12.1 Å². The first kappa shape index (κ1) is 32.0. The standard InChI is InChI=1S/C30H22ClF3N6O3.CH4/c31-23-4-2-1-3-22(23)27(28(42)38-20-13-30(33,34)14-20)39(21-10-18(16-36)9-19(32)12-21)29(43)24-5-6-26(41)40(24)25-11-17(15-35)7-8-37-25;/h1-4,7-12,20,24,27H,5-6,13-14H2,(H,38,42);1H4/t24-,27-;/m0./s1. The van der Waals surface area contributed by atoms with Crippen molar-refractivity contribution < 1.29 is 27.6 Å². The van der Waals surface area contributed by atoms with E-state index in [1.165, 1.54) is 36.5 Å². The maximum atomic E-state index is 14.8. The molecule has 0 unspecified atom stereocenters. The Labute approximate surface area is 256 Å². The summed E-state index contributed by atoms with van der Waals surface area (Å²) in [5.41, 5.74) is -0.0717. The largest absolute Gasteiger partial charge is 0.351 e. The van der Waals surface area contributed by atoms with Gasteiger partial charge in [-0.05, 0) is 42.8 Å². The van der Waals surface area contributed by atoms with Gasteiger partial charge >= 0.3 is 0 Å². The number of halogens is 4. The minimum absolute atomic E-state index is 0. The lowest BCUT2D eigenvalue weighted by molar-refractivity contribution is -0.133. The van der Waals surface area contributed by atoms with Crippen LogP contribution in [0.4, 0.5) is 24.7 Å². The number of pyridine rings is 1. The van der Waals surface area contributed by atoms with Crippen molar-refractivity contribution in [2.45, 2.75) is 57.2 Å². The second kappa shape index (κ2) is 12.7. The number of carbonyl (C=O) groups is 3. The van der Waals surface area contributed by atoms with Crippen molar-refractivity contribution in [2.24, 2.45) is 0 Å². The van der Waals surface area contributed by atoms with Gasteiger partial charge in [-0.2, -0.15) is 10.5 Å². The third-order valence-electron chi connectivity index (χ3n) is 7.29. The van der Waals surface area contributed by atoms with Gasteiger partial charge < -0.3 is 5.32 Å². The van der Waals surface area contributed by atoms with Gasteiger partial charge in [-0.3, -0.25) is 24.2 Å². The normalized spacial score (nSPS) is 17.8. The molecule has 3 amide bonds. The van der Waals surface area contributed by atoms with Crippen molar-refractivity contribution >= 4 is 40.8 Å². The number of nitrogens with zero attached hydrogens (tertiary/aromatic N) is 5. The summed E-state index contributed by atoms with van der Waals surface area (Å²) in [6.07, 6.45) is 0.00564. The quantitative estimate of drug-likeness (QED) is 0.374. The molecule has 0 radical (unpaired) electrons. The van der Waals surface area contributed by atoms with E-state index in [-0.39, 0.29) is 53.5 Å². The highest BCUT2D eigenvalue weighted by molar-refractivity contribution is 6.31. The van der Waals surface area contributed by atoms with Crippen LogP contribution < -0.4 is 15.1 Å². The molecule has 0 spiro atoms. The van der Waals surface area contributed by atoms with Crippen LogP contribution in [-0.2, 0) is 14.4 Å². The summed E-state index contributed by atoms with van der Waals surface area (Å²) in [4.78, 5) is 47.7. The number of carbonyl (C=O) groups excluding carboxylic acids is 3. The molecule has 2 atom stereocenters. The number of hydrogen-bond acceptors (Lipinski definition) is 6. The van der Waals surface area contributed by atoms with Crippen LogP contribution >= 0.6 is 11.6 Å². The third-order valence-corrected chi connectivity index (χ3v) is 7.63. The van der Waals surface area contributed by atoms with Gasteiger partial charge in [0.1, 0.15) is 23.7 Å². The smallest absolute Gasteiger partial charge is 0.252 e. The number of nitrogens with one attached hydrogen (secondary N) is 1. The Morgan fingerprint density at radius 3 is 2.45 bits per heavy atom. The molecule has 1 saturated carbocycles. The van der Waals surface area contributed by atoms with Crippen LogP contribution in [0, 0.1) is 28.5 Å². The van der Waals surface area contributed by atoms with Gasteiger partial charge in [-0.15, -0.1) is 0 Å². The number of amides is 3. The Hall–Kier alpha value is -4.94. The number of rotatable bonds is 7. The number of hydrogen-bond donors (Lipinski definition) is 1. The molecule has 1 aromatic heterocycles. The van der Waals surface area contributed by atoms with Gasteiger partial charge in [0.25, 0.3) is 11.8 Å². The molecule has 2 fully saturated rings. The molecular weight excluding hydrogens is 597 g/mol. The topological polar surface area (TPSA) is 130 Å². The number of benzene rings is 2. The molecule has 13 heteroatoms. The minimum Gasteiger partial charge on any atom is -0.351 e. The molecule has 2 aliphatic rings. The number of anilines is 2. The molecule has 226 valence electrons. The number of aromatic nitrogens is 1. The molecule has 1 saturated heterocycles. The molecule has 1 aliphatic carbocycles. The van der Waals surface area contributed by atoms with Crippen LogP contribution in [0.2, 0.25) is 5.02 Å². The molecule has 1 N–H and O–H groups in total. The van der Waals surface area contributed by atoms with Crippen molar-refractivity contribution in [3.05, 3.63) is 88.3 Å². The van der Waals surface area contributed by atoms with Gasteiger partial charge in [0.15, 0.2) is 0 Å². The van der Waals surface area contributed by atoms with Gasteiger partial charge in [0, 0.05) is 47.8 Å². The van der Waals surface area contributed by atoms with Crippen LogP contribution in [0.1, 0.15) is 55.8 Å². The van der Waals surface area contributed by atoms with Crippen LogP contribution in [0.15, 0.2) is 60.8 Å². The Morgan fingerprint density at radius 1 is 1.09 bits per heavy atom. The monoisotopic (exact) mass is 622 g/mol. The summed E-state index contributed by atoms with van der Waals surface area (Å²) in [5, 5.41) is 21.5. The van der Waals surface area contributed by atoms with E-state index in [0.29, 0.717) is 0 Å². The zero-order valence-corrected chi connectivity index (χ0v) is 23.1. The van der Waals surface area contributed by atoms with Crippen molar-refractivity contribution in [3.63, 3.8) is 0 Å². The van der Waals surface area contributed by atoms with Gasteiger partial charge in [0.05, 0.1) is 23.3 Å². The first-order chi connectivity index (χ1) is 20.5. The molecule has 44 heavy (non-hydrogen) atoms. The Balaban J connectivity index is 0.00000442. The zero-order valence-electron chi connectivity index (χ0n) is 22.3. The summed E-state index contributed by atoms with van der Waals surface area (Å²) in [7, 11) is 0. The van der Waals surface area contributed by atoms with Crippen LogP contribution in [0.5, 0.6) is 0 Å². The molecule has 0 bridgehead atoms. The van der Waals surface area contributed by atoms with Crippen molar-refractivity contribution in [3.8, 4) is 12.1 Å². The van der Waals surface area contributed by atoms with E-state index in [9.17, 15) is 38.1 Å². The fourth-order valence-electron chi connectivity index (χ4n) is 5.30. The molecule has 9 nitrogen and oxygen atoms in total. The molecule has 3 aromatic rings. The fraction of sp³-hybridized carbons (Fsp3) is 0.290. The molecule has 2 aromatic carbocycles. The summed E-state index contributed by atoms with van der Waals surface area (Å²) >= 11 is 6.49. The summed E-state index contributed by atoms with van der Waals surface area (Å²) in [5.74, 6) is -6.01. The van der Waals surface area contributed by atoms with Gasteiger partial charge in [-0.1, -0.05) is 37.2 Å². The van der Waals surface area contributed by atoms with Gasteiger partial charge in [-0.25, -0.2) is 18.2 Å². The Bertz CT molecular complexity index is 1700. The second-order valence-electron chi connectivity index (χ2n) is 10.2. The average Bonchev–Trinajstić information content (AvgIpc) is 3.35. The van der Waals surface area contributed by atoms with Crippen molar-refractivity contribution in [1.82, 2.24) is 10.3 Å². The number of nitriles is 2. The van der Waals surface area contributed by atoms with Crippen LogP contribution in [0.3, 0.4) is 0 Å². The Kier molecular flexibility index (Phi) is 9.26. The minimum atomic E-state index is -2.95. The van der Waals surface area contributed by atoms with Crippen LogP contribution in [-0.4, -0.2) is 40.7 Å². The predicted octanol–water partition coefficient (Wildman–Crippen LogP) is 5.44. The van der Waals surface area contributed by atoms with E-state index in [4.69, 9.17) is 11.6 Å². The zero-order chi connectivity index (χ0) is 30.9. The lowest BCUT2D eigenvalue weighted by Gasteiger charge is -2.39. The summed E-state index contributed by atoms with van der Waals surface area (Å²) < 4.78 is 42.1. The van der Waals surface area contributed by atoms with E-state index in [0.717, 1.165) is 21.9 Å². The summed E-state index contributed by atoms with van der Waals surface area (Å²) in [6.45, 7) is 0. The third kappa shape index (κ3) is 6.36. The molecular formula is C31H26ClF3N6O3. The van der Waals surface area contributed by atoms with E-state index >= 15 is 0 Å². The second-order valence-corrected chi connectivity index (χ2v) is 10.7. The molecule has 1 aliphatic heterocycles. The van der Waals surface area contributed by atoms with Crippen molar-refractivity contribution in [2.75, 3.05) is 9.80 Å².